The van der Waals surface area contributed by atoms with Gasteiger partial charge in [-0.1, -0.05) is 79.6 Å². The summed E-state index contributed by atoms with van der Waals surface area (Å²) >= 11 is 0. The van der Waals surface area contributed by atoms with E-state index in [1.54, 1.807) is 0 Å². The molecule has 0 aromatic heterocycles. The van der Waals surface area contributed by atoms with Gasteiger partial charge < -0.3 is 30.3 Å². The number of aliphatic hydroxyl groups excluding tert-OH is 5. The summed E-state index contributed by atoms with van der Waals surface area (Å²) in [5.74, 6) is 1.61. The number of aliphatic hydroxyl groups is 5. The molecule has 1 saturated heterocycles. The van der Waals surface area contributed by atoms with E-state index in [9.17, 15) is 20.4 Å². The first-order chi connectivity index (χ1) is 17.0. The van der Waals surface area contributed by atoms with Crippen molar-refractivity contribution >= 4 is 0 Å². The molecule has 216 valence electrons. The van der Waals surface area contributed by atoms with E-state index in [4.69, 9.17) is 9.84 Å². The maximum absolute atomic E-state index is 10.8. The lowest BCUT2D eigenvalue weighted by Gasteiger charge is -2.29. The second-order valence-corrected chi connectivity index (χ2v) is 12.5. The quantitative estimate of drug-likeness (QED) is 0.134. The summed E-state index contributed by atoms with van der Waals surface area (Å²) in [4.78, 5) is 0. The molecule has 0 bridgehead atoms. The van der Waals surface area contributed by atoms with Crippen molar-refractivity contribution in [1.82, 2.24) is 0 Å². The SMILES string of the molecule is CC(C)CCCC(C)C[C@@H](C)[C@@H](O)[C@H](O)[C@@H]1CC[C@H](CCCC[C@@H](O)[C@H](O)CCCC[C@@H](C)CO)O1. The third-order valence-corrected chi connectivity index (χ3v) is 8.19. The first-order valence-corrected chi connectivity index (χ1v) is 15.0. The Morgan fingerprint density at radius 2 is 1.28 bits per heavy atom. The monoisotopic (exact) mass is 516 g/mol. The summed E-state index contributed by atoms with van der Waals surface area (Å²) in [7, 11) is 0. The van der Waals surface area contributed by atoms with E-state index >= 15 is 0 Å². The van der Waals surface area contributed by atoms with Crippen LogP contribution in [0.15, 0.2) is 0 Å². The number of rotatable bonds is 21. The van der Waals surface area contributed by atoms with Crippen molar-refractivity contribution in [3.05, 3.63) is 0 Å². The standard InChI is InChI=1S/C30H60O6/c1-21(2)11-10-13-22(3)19-24(5)29(34)30(35)28-18-17-25(36-28)14-7-9-16-27(33)26(32)15-8-6-12-23(4)20-31/h21-35H,6-20H2,1-5H3/t22?,23-,24-,25+,26-,27-,28+,29-,30-/m1/s1. The zero-order valence-corrected chi connectivity index (χ0v) is 24.0. The minimum atomic E-state index is -0.842. The molecule has 1 rings (SSSR count). The van der Waals surface area contributed by atoms with Gasteiger partial charge in [0, 0.05) is 6.61 Å². The molecule has 1 heterocycles. The molecular formula is C30H60O6. The Hall–Kier alpha value is -0.240. The normalized spacial score (nSPS) is 24.4. The summed E-state index contributed by atoms with van der Waals surface area (Å²) < 4.78 is 6.10. The van der Waals surface area contributed by atoms with Crippen molar-refractivity contribution in [2.24, 2.45) is 23.7 Å². The smallest absolute Gasteiger partial charge is 0.106 e. The fourth-order valence-corrected chi connectivity index (χ4v) is 5.57. The summed E-state index contributed by atoms with van der Waals surface area (Å²) in [6.07, 6.45) is 9.62. The minimum absolute atomic E-state index is 0.0442. The van der Waals surface area contributed by atoms with Crippen LogP contribution in [0.5, 0.6) is 0 Å². The molecule has 1 unspecified atom stereocenters. The van der Waals surface area contributed by atoms with Crippen molar-refractivity contribution in [2.45, 2.75) is 161 Å². The molecule has 6 heteroatoms. The van der Waals surface area contributed by atoms with E-state index in [1.165, 1.54) is 19.3 Å². The summed E-state index contributed by atoms with van der Waals surface area (Å²) in [6, 6.07) is 0. The number of hydrogen-bond acceptors (Lipinski definition) is 6. The summed E-state index contributed by atoms with van der Waals surface area (Å²) in [5.41, 5.74) is 0. The van der Waals surface area contributed by atoms with Gasteiger partial charge in [0.05, 0.1) is 30.5 Å². The second kappa shape index (κ2) is 18.9. The lowest BCUT2D eigenvalue weighted by atomic mass is 9.86. The van der Waals surface area contributed by atoms with E-state index in [-0.39, 0.29) is 24.7 Å². The second-order valence-electron chi connectivity index (χ2n) is 12.5. The molecule has 0 aromatic rings. The van der Waals surface area contributed by atoms with Crippen LogP contribution in [0, 0.1) is 23.7 Å². The highest BCUT2D eigenvalue weighted by atomic mass is 16.5. The summed E-state index contributed by atoms with van der Waals surface area (Å²) in [6.45, 7) is 11.0. The lowest BCUT2D eigenvalue weighted by Crippen LogP contribution is -2.41. The molecule has 6 nitrogen and oxygen atoms in total. The first kappa shape index (κ1) is 33.8. The Morgan fingerprint density at radius 3 is 1.89 bits per heavy atom. The third kappa shape index (κ3) is 14.1. The van der Waals surface area contributed by atoms with Gasteiger partial charge in [-0.15, -0.1) is 0 Å². The maximum Gasteiger partial charge on any atom is 0.106 e. The van der Waals surface area contributed by atoms with Crippen LogP contribution in [0.25, 0.3) is 0 Å². The Bertz CT molecular complexity index is 530. The molecule has 1 aliphatic heterocycles. The van der Waals surface area contributed by atoms with Gasteiger partial charge in [0.1, 0.15) is 6.10 Å². The van der Waals surface area contributed by atoms with Crippen molar-refractivity contribution in [3.8, 4) is 0 Å². The molecular weight excluding hydrogens is 456 g/mol. The summed E-state index contributed by atoms with van der Waals surface area (Å²) in [5, 5.41) is 51.0. The van der Waals surface area contributed by atoms with Crippen LogP contribution >= 0.6 is 0 Å². The van der Waals surface area contributed by atoms with Gasteiger partial charge in [-0.3, -0.25) is 0 Å². The lowest BCUT2D eigenvalue weighted by molar-refractivity contribution is -0.102. The van der Waals surface area contributed by atoms with Gasteiger partial charge in [-0.2, -0.15) is 0 Å². The molecule has 0 radical (unpaired) electrons. The van der Waals surface area contributed by atoms with Crippen molar-refractivity contribution in [2.75, 3.05) is 6.61 Å². The zero-order chi connectivity index (χ0) is 27.1. The Balaban J connectivity index is 2.21. The van der Waals surface area contributed by atoms with Crippen molar-refractivity contribution < 1.29 is 30.3 Å². The van der Waals surface area contributed by atoms with Gasteiger partial charge in [0.15, 0.2) is 0 Å². The molecule has 36 heavy (non-hydrogen) atoms. The van der Waals surface area contributed by atoms with E-state index in [0.717, 1.165) is 63.7 Å². The molecule has 0 saturated carbocycles. The van der Waals surface area contributed by atoms with E-state index in [1.807, 2.05) is 13.8 Å². The van der Waals surface area contributed by atoms with Crippen LogP contribution < -0.4 is 0 Å². The molecule has 5 N–H and O–H groups in total. The van der Waals surface area contributed by atoms with Crippen LogP contribution in [-0.4, -0.2) is 68.8 Å². The van der Waals surface area contributed by atoms with Crippen LogP contribution in [0.1, 0.15) is 125 Å². The fraction of sp³-hybridized carbons (Fsp3) is 1.00. The highest BCUT2D eigenvalue weighted by Gasteiger charge is 2.36. The number of hydrogen-bond donors (Lipinski definition) is 5. The third-order valence-electron chi connectivity index (χ3n) is 8.19. The van der Waals surface area contributed by atoms with Crippen molar-refractivity contribution in [3.63, 3.8) is 0 Å². The fourth-order valence-electron chi connectivity index (χ4n) is 5.57. The predicted octanol–water partition coefficient (Wildman–Crippen LogP) is 5.22. The van der Waals surface area contributed by atoms with Gasteiger partial charge in [-0.25, -0.2) is 0 Å². The molecule has 0 aromatic carbocycles. The Morgan fingerprint density at radius 1 is 0.694 bits per heavy atom. The van der Waals surface area contributed by atoms with E-state index < -0.39 is 24.4 Å². The average molecular weight is 517 g/mol. The first-order valence-electron chi connectivity index (χ1n) is 15.0. The molecule has 9 atom stereocenters. The molecule has 1 fully saturated rings. The molecule has 0 aliphatic carbocycles. The van der Waals surface area contributed by atoms with E-state index in [2.05, 4.69) is 20.8 Å². The van der Waals surface area contributed by atoms with Gasteiger partial charge in [-0.05, 0) is 68.6 Å². The topological polar surface area (TPSA) is 110 Å². The molecule has 0 spiro atoms. The molecule has 0 amide bonds. The van der Waals surface area contributed by atoms with Crippen LogP contribution in [0.4, 0.5) is 0 Å². The average Bonchev–Trinajstić information content (AvgIpc) is 3.31. The van der Waals surface area contributed by atoms with Crippen molar-refractivity contribution in [1.29, 1.82) is 0 Å². The van der Waals surface area contributed by atoms with Crippen LogP contribution in [0.3, 0.4) is 0 Å². The predicted molar refractivity (Wildman–Crippen MR) is 147 cm³/mol. The van der Waals surface area contributed by atoms with Gasteiger partial charge >= 0.3 is 0 Å². The largest absolute Gasteiger partial charge is 0.396 e. The molecule has 1 aliphatic rings. The van der Waals surface area contributed by atoms with Crippen LogP contribution in [-0.2, 0) is 4.74 Å². The number of ether oxygens (including phenoxy) is 1. The number of unbranched alkanes of at least 4 members (excludes halogenated alkanes) is 2. The van der Waals surface area contributed by atoms with Crippen LogP contribution in [0.2, 0.25) is 0 Å². The Kier molecular flexibility index (Phi) is 17.8. The highest BCUT2D eigenvalue weighted by Crippen LogP contribution is 2.30. The minimum Gasteiger partial charge on any atom is -0.396 e. The maximum atomic E-state index is 10.8. The zero-order valence-electron chi connectivity index (χ0n) is 24.0. The van der Waals surface area contributed by atoms with Gasteiger partial charge in [0.25, 0.3) is 0 Å². The Labute approximate surface area is 221 Å². The van der Waals surface area contributed by atoms with Gasteiger partial charge in [0.2, 0.25) is 0 Å². The van der Waals surface area contributed by atoms with E-state index in [0.29, 0.717) is 24.7 Å². The highest BCUT2D eigenvalue weighted by molar-refractivity contribution is 4.86.